The summed E-state index contributed by atoms with van der Waals surface area (Å²) in [5.74, 6) is 0. The normalized spacial score (nSPS) is 9.05. The predicted octanol–water partition coefficient (Wildman–Crippen LogP) is 2.15. The molecule has 0 saturated carbocycles. The first-order chi connectivity index (χ1) is 8.33. The lowest BCUT2D eigenvalue weighted by molar-refractivity contribution is 0.733. The van der Waals surface area contributed by atoms with Gasteiger partial charge in [-0.3, -0.25) is 0 Å². The van der Waals surface area contributed by atoms with E-state index >= 15 is 0 Å². The van der Waals surface area contributed by atoms with Crippen LogP contribution in [0.2, 0.25) is 0 Å². The quantitative estimate of drug-likeness (QED) is 0.940. The lowest BCUT2D eigenvalue weighted by Crippen LogP contribution is -2.09. The van der Waals surface area contributed by atoms with Crippen LogP contribution in [0.4, 0.5) is 0 Å². The van der Waals surface area contributed by atoms with E-state index in [0.29, 0.717) is 12.1 Å². The third kappa shape index (κ3) is 4.56. The van der Waals surface area contributed by atoms with Gasteiger partial charge >= 0.3 is 0 Å². The van der Waals surface area contributed by atoms with Gasteiger partial charge < -0.3 is 10.3 Å². The van der Waals surface area contributed by atoms with Crippen LogP contribution in [0, 0.1) is 11.3 Å². The zero-order valence-electron chi connectivity index (χ0n) is 10.3. The zero-order chi connectivity index (χ0) is 12.1. The molecule has 1 aromatic heterocycles. The summed E-state index contributed by atoms with van der Waals surface area (Å²) >= 11 is 0. The minimum Gasteiger partial charge on any atom is -0.330 e. The predicted molar refractivity (Wildman–Crippen MR) is 79.7 cm³/mol. The Morgan fingerprint density at radius 3 is 2.47 bits per heavy atom. The van der Waals surface area contributed by atoms with Crippen molar-refractivity contribution in [2.24, 2.45) is 5.73 Å². The van der Waals surface area contributed by atoms with Crippen molar-refractivity contribution >= 4 is 24.8 Å². The monoisotopic (exact) mass is 298 g/mol. The second kappa shape index (κ2) is 8.54. The fourth-order valence-corrected chi connectivity index (χ4v) is 1.73. The van der Waals surface area contributed by atoms with Crippen molar-refractivity contribution in [1.29, 1.82) is 5.26 Å². The van der Waals surface area contributed by atoms with Gasteiger partial charge in [-0.15, -0.1) is 24.8 Å². The molecule has 0 spiro atoms. The zero-order valence-corrected chi connectivity index (χ0v) is 12.0. The highest BCUT2D eigenvalue weighted by atomic mass is 35.5. The van der Waals surface area contributed by atoms with Crippen LogP contribution < -0.4 is 5.73 Å². The molecule has 102 valence electrons. The molecule has 0 aliphatic heterocycles. The van der Waals surface area contributed by atoms with Crippen LogP contribution in [0.25, 0.3) is 0 Å². The molecule has 6 heteroatoms. The molecule has 2 rings (SSSR count). The summed E-state index contributed by atoms with van der Waals surface area (Å²) in [6, 6.07) is 9.69. The van der Waals surface area contributed by atoms with Gasteiger partial charge in [0.15, 0.2) is 0 Å². The Hall–Kier alpha value is -1.54. The largest absolute Gasteiger partial charge is 0.330 e. The van der Waals surface area contributed by atoms with E-state index in [4.69, 9.17) is 11.0 Å². The van der Waals surface area contributed by atoms with Crippen molar-refractivity contribution in [3.8, 4) is 6.07 Å². The van der Waals surface area contributed by atoms with Crippen LogP contribution in [0.15, 0.2) is 36.8 Å². The van der Waals surface area contributed by atoms with Gasteiger partial charge in [-0.25, -0.2) is 4.98 Å². The first-order valence-corrected chi connectivity index (χ1v) is 5.51. The van der Waals surface area contributed by atoms with Crippen molar-refractivity contribution in [1.82, 2.24) is 9.55 Å². The van der Waals surface area contributed by atoms with Gasteiger partial charge in [0.05, 0.1) is 18.0 Å². The maximum atomic E-state index is 8.72. The van der Waals surface area contributed by atoms with Crippen LogP contribution in [0.3, 0.4) is 0 Å². The van der Waals surface area contributed by atoms with Crippen LogP contribution in [-0.4, -0.2) is 16.1 Å². The molecule has 1 aromatic carbocycles. The Morgan fingerprint density at radius 2 is 1.89 bits per heavy atom. The lowest BCUT2D eigenvalue weighted by atomic mass is 10.1. The van der Waals surface area contributed by atoms with E-state index in [1.807, 2.05) is 36.8 Å². The van der Waals surface area contributed by atoms with Crippen molar-refractivity contribution in [2.45, 2.75) is 13.0 Å². The first kappa shape index (κ1) is 17.5. The van der Waals surface area contributed by atoms with E-state index in [0.717, 1.165) is 24.2 Å². The summed E-state index contributed by atoms with van der Waals surface area (Å²) in [6.07, 6.45) is 4.48. The standard InChI is InChI=1S/C13H14N4.2ClH/c14-6-5-13-8-16-10-17(13)9-12-3-1-11(7-15)2-4-12;;/h1-4,8,10H,5-6,9,14H2;2*1H. The Balaban J connectivity index is 0.00000162. The maximum Gasteiger partial charge on any atom is 0.0991 e. The molecule has 4 nitrogen and oxygen atoms in total. The molecule has 0 bridgehead atoms. The Labute approximate surface area is 125 Å². The van der Waals surface area contributed by atoms with Crippen LogP contribution >= 0.6 is 24.8 Å². The molecule has 0 fully saturated rings. The summed E-state index contributed by atoms with van der Waals surface area (Å²) in [5.41, 5.74) is 8.51. The molecule has 0 radical (unpaired) electrons. The Bertz CT molecular complexity index is 528. The summed E-state index contributed by atoms with van der Waals surface area (Å²) in [6.45, 7) is 1.39. The first-order valence-electron chi connectivity index (χ1n) is 5.51. The molecule has 0 saturated heterocycles. The number of imidazole rings is 1. The maximum absolute atomic E-state index is 8.72. The molecule has 0 aliphatic rings. The van der Waals surface area contributed by atoms with Crippen LogP contribution in [-0.2, 0) is 13.0 Å². The number of nitrogens with zero attached hydrogens (tertiary/aromatic N) is 3. The van der Waals surface area contributed by atoms with Gasteiger partial charge in [-0.05, 0) is 24.2 Å². The second-order valence-corrected chi connectivity index (χ2v) is 3.86. The number of aromatic nitrogens is 2. The molecule has 1 heterocycles. The molecule has 0 unspecified atom stereocenters. The number of nitriles is 1. The molecule has 2 aromatic rings. The Morgan fingerprint density at radius 1 is 1.21 bits per heavy atom. The molecular formula is C13H16Cl2N4. The Kier molecular flexibility index (Phi) is 7.85. The topological polar surface area (TPSA) is 67.6 Å². The molecule has 0 atom stereocenters. The summed E-state index contributed by atoms with van der Waals surface area (Å²) in [5, 5.41) is 8.72. The van der Waals surface area contributed by atoms with E-state index in [1.54, 1.807) is 0 Å². The third-order valence-electron chi connectivity index (χ3n) is 2.63. The number of hydrogen-bond acceptors (Lipinski definition) is 3. The van der Waals surface area contributed by atoms with E-state index < -0.39 is 0 Å². The van der Waals surface area contributed by atoms with Gasteiger partial charge in [0.2, 0.25) is 0 Å². The number of halogens is 2. The highest BCUT2D eigenvalue weighted by Crippen LogP contribution is 2.08. The smallest absolute Gasteiger partial charge is 0.0991 e. The van der Waals surface area contributed by atoms with E-state index in [9.17, 15) is 0 Å². The van der Waals surface area contributed by atoms with Gasteiger partial charge in [-0.1, -0.05) is 12.1 Å². The molecular weight excluding hydrogens is 283 g/mol. The van der Waals surface area contributed by atoms with Gasteiger partial charge in [-0.2, -0.15) is 5.26 Å². The van der Waals surface area contributed by atoms with Crippen molar-refractivity contribution in [2.75, 3.05) is 6.54 Å². The number of hydrogen-bond donors (Lipinski definition) is 1. The summed E-state index contributed by atoms with van der Waals surface area (Å²) < 4.78 is 2.08. The average molecular weight is 299 g/mol. The molecule has 0 amide bonds. The summed E-state index contributed by atoms with van der Waals surface area (Å²) in [7, 11) is 0. The van der Waals surface area contributed by atoms with Gasteiger partial charge in [0.25, 0.3) is 0 Å². The van der Waals surface area contributed by atoms with Gasteiger partial charge in [0.1, 0.15) is 0 Å². The summed E-state index contributed by atoms with van der Waals surface area (Å²) in [4.78, 5) is 4.13. The van der Waals surface area contributed by atoms with E-state index in [2.05, 4.69) is 15.6 Å². The molecule has 19 heavy (non-hydrogen) atoms. The molecule has 0 aliphatic carbocycles. The fourth-order valence-electron chi connectivity index (χ4n) is 1.73. The second-order valence-electron chi connectivity index (χ2n) is 3.86. The van der Waals surface area contributed by atoms with Crippen molar-refractivity contribution in [3.05, 3.63) is 53.6 Å². The minimum absolute atomic E-state index is 0. The van der Waals surface area contributed by atoms with E-state index in [-0.39, 0.29) is 24.8 Å². The average Bonchev–Trinajstić information content (AvgIpc) is 2.78. The van der Waals surface area contributed by atoms with Crippen molar-refractivity contribution in [3.63, 3.8) is 0 Å². The number of benzene rings is 1. The third-order valence-corrected chi connectivity index (χ3v) is 2.63. The van der Waals surface area contributed by atoms with E-state index in [1.165, 1.54) is 0 Å². The molecule has 2 N–H and O–H groups in total. The highest BCUT2D eigenvalue weighted by Gasteiger charge is 2.02. The van der Waals surface area contributed by atoms with Crippen LogP contribution in [0.5, 0.6) is 0 Å². The minimum atomic E-state index is 0. The highest BCUT2D eigenvalue weighted by molar-refractivity contribution is 5.85. The number of rotatable bonds is 4. The van der Waals surface area contributed by atoms with Crippen molar-refractivity contribution < 1.29 is 0 Å². The lowest BCUT2D eigenvalue weighted by Gasteiger charge is -2.07. The number of nitrogens with two attached hydrogens (primary N) is 1. The SMILES string of the molecule is Cl.Cl.N#Cc1ccc(Cn2cncc2CCN)cc1. The van der Waals surface area contributed by atoms with Gasteiger partial charge in [0, 0.05) is 24.9 Å². The fraction of sp³-hybridized carbons (Fsp3) is 0.231. The van der Waals surface area contributed by atoms with Crippen LogP contribution in [0.1, 0.15) is 16.8 Å².